The monoisotopic (exact) mass is 321 g/mol. The van der Waals surface area contributed by atoms with Crippen molar-refractivity contribution in [2.75, 3.05) is 32.2 Å². The number of anilines is 1. The second-order valence-electron chi connectivity index (χ2n) is 3.22. The van der Waals surface area contributed by atoms with Gasteiger partial charge in [-0.05, 0) is 34.1 Å². The minimum atomic E-state index is -0.213. The summed E-state index contributed by atoms with van der Waals surface area (Å²) in [5, 5.41) is 3.29. The molecule has 0 aromatic heterocycles. The molecule has 0 bridgehead atoms. The Labute approximate surface area is 113 Å². The fourth-order valence-corrected chi connectivity index (χ4v) is 1.57. The van der Waals surface area contributed by atoms with Crippen LogP contribution >= 0.6 is 27.5 Å². The summed E-state index contributed by atoms with van der Waals surface area (Å²) in [5.41, 5.74) is 0.668. The maximum Gasteiger partial charge on any atom is 0.250 e. The quantitative estimate of drug-likeness (QED) is 0.819. The van der Waals surface area contributed by atoms with Crippen LogP contribution < -0.4 is 5.32 Å². The third-order valence-electron chi connectivity index (χ3n) is 1.87. The Morgan fingerprint density at radius 1 is 1.47 bits per heavy atom. The third kappa shape index (κ3) is 5.50. The Morgan fingerprint density at radius 3 is 2.88 bits per heavy atom. The molecule has 0 spiro atoms. The van der Waals surface area contributed by atoms with Crippen molar-refractivity contribution in [1.29, 1.82) is 0 Å². The molecule has 0 saturated carbocycles. The van der Waals surface area contributed by atoms with E-state index in [1.807, 2.05) is 0 Å². The zero-order valence-corrected chi connectivity index (χ0v) is 11.7. The van der Waals surface area contributed by atoms with Crippen LogP contribution in [0.3, 0.4) is 0 Å². The van der Waals surface area contributed by atoms with Crippen molar-refractivity contribution in [3.8, 4) is 0 Å². The summed E-state index contributed by atoms with van der Waals surface area (Å²) in [4.78, 5) is 11.4. The van der Waals surface area contributed by atoms with Gasteiger partial charge in [-0.2, -0.15) is 0 Å². The number of benzene rings is 1. The van der Waals surface area contributed by atoms with Crippen molar-refractivity contribution >= 4 is 39.1 Å². The maximum atomic E-state index is 11.4. The molecule has 0 fully saturated rings. The number of halogens is 2. The summed E-state index contributed by atoms with van der Waals surface area (Å²) in [6.07, 6.45) is 0. The lowest BCUT2D eigenvalue weighted by atomic mass is 10.3. The Balaban J connectivity index is 2.37. The van der Waals surface area contributed by atoms with Gasteiger partial charge in [0.1, 0.15) is 6.61 Å². The standard InChI is InChI=1S/C11H13BrClNO3/c1-16-4-5-17-7-11(15)14-8-2-3-10(13)9(12)6-8/h2-3,6H,4-5,7H2,1H3,(H,14,15). The van der Waals surface area contributed by atoms with Crippen molar-refractivity contribution in [2.45, 2.75) is 0 Å². The minimum absolute atomic E-state index is 0.00358. The van der Waals surface area contributed by atoms with Crippen LogP contribution in [-0.4, -0.2) is 32.8 Å². The third-order valence-corrected chi connectivity index (χ3v) is 3.08. The fourth-order valence-electron chi connectivity index (χ4n) is 1.08. The van der Waals surface area contributed by atoms with Gasteiger partial charge in [-0.3, -0.25) is 4.79 Å². The van der Waals surface area contributed by atoms with Gasteiger partial charge < -0.3 is 14.8 Å². The van der Waals surface area contributed by atoms with E-state index in [1.165, 1.54) is 0 Å². The molecule has 0 unspecified atom stereocenters. The van der Waals surface area contributed by atoms with E-state index < -0.39 is 0 Å². The molecule has 0 saturated heterocycles. The molecule has 1 aromatic carbocycles. The van der Waals surface area contributed by atoms with Crippen LogP contribution in [0.25, 0.3) is 0 Å². The molecule has 6 heteroatoms. The minimum Gasteiger partial charge on any atom is -0.382 e. The molecule has 0 aliphatic heterocycles. The average Bonchev–Trinajstić information content (AvgIpc) is 2.30. The lowest BCUT2D eigenvalue weighted by Gasteiger charge is -2.07. The van der Waals surface area contributed by atoms with E-state index in [1.54, 1.807) is 25.3 Å². The molecular formula is C11H13BrClNO3. The zero-order chi connectivity index (χ0) is 12.7. The second kappa shape index (κ2) is 7.66. The molecule has 0 heterocycles. The molecule has 0 radical (unpaired) electrons. The van der Waals surface area contributed by atoms with Gasteiger partial charge in [0, 0.05) is 17.3 Å². The first-order chi connectivity index (χ1) is 8.13. The van der Waals surface area contributed by atoms with E-state index in [2.05, 4.69) is 21.2 Å². The van der Waals surface area contributed by atoms with E-state index in [0.717, 1.165) is 4.47 Å². The molecule has 1 rings (SSSR count). The first-order valence-electron chi connectivity index (χ1n) is 4.95. The van der Waals surface area contributed by atoms with E-state index in [9.17, 15) is 4.79 Å². The lowest BCUT2D eigenvalue weighted by molar-refractivity contribution is -0.121. The van der Waals surface area contributed by atoms with E-state index in [0.29, 0.717) is 23.9 Å². The molecule has 17 heavy (non-hydrogen) atoms. The topological polar surface area (TPSA) is 47.6 Å². The highest BCUT2D eigenvalue weighted by Crippen LogP contribution is 2.25. The number of amides is 1. The van der Waals surface area contributed by atoms with Gasteiger partial charge in [0.15, 0.2) is 0 Å². The van der Waals surface area contributed by atoms with Gasteiger partial charge in [-0.1, -0.05) is 11.6 Å². The molecule has 1 aromatic rings. The Kier molecular flexibility index (Phi) is 6.50. The average molecular weight is 323 g/mol. The number of carbonyl (C=O) groups is 1. The number of carbonyl (C=O) groups excluding carboxylic acids is 1. The highest BCUT2D eigenvalue weighted by atomic mass is 79.9. The molecule has 0 aliphatic rings. The molecule has 1 amide bonds. The second-order valence-corrected chi connectivity index (χ2v) is 4.48. The first-order valence-corrected chi connectivity index (χ1v) is 6.12. The van der Waals surface area contributed by atoms with Gasteiger partial charge >= 0.3 is 0 Å². The van der Waals surface area contributed by atoms with Gasteiger partial charge in [0.05, 0.1) is 18.2 Å². The van der Waals surface area contributed by atoms with Crippen molar-refractivity contribution in [2.24, 2.45) is 0 Å². The van der Waals surface area contributed by atoms with E-state index >= 15 is 0 Å². The van der Waals surface area contributed by atoms with Crippen molar-refractivity contribution in [1.82, 2.24) is 0 Å². The molecule has 1 N–H and O–H groups in total. The molecule has 94 valence electrons. The highest BCUT2D eigenvalue weighted by molar-refractivity contribution is 9.10. The summed E-state index contributed by atoms with van der Waals surface area (Å²) in [7, 11) is 1.58. The summed E-state index contributed by atoms with van der Waals surface area (Å²) >= 11 is 9.12. The van der Waals surface area contributed by atoms with E-state index in [4.69, 9.17) is 21.1 Å². The van der Waals surface area contributed by atoms with Gasteiger partial charge in [-0.15, -0.1) is 0 Å². The summed E-state index contributed by atoms with van der Waals surface area (Å²) in [5.74, 6) is -0.213. The number of methoxy groups -OCH3 is 1. The molecule has 0 aliphatic carbocycles. The molecular weight excluding hydrogens is 309 g/mol. The number of rotatable bonds is 6. The normalized spacial score (nSPS) is 10.3. The maximum absolute atomic E-state index is 11.4. The number of hydrogen-bond donors (Lipinski definition) is 1. The summed E-state index contributed by atoms with van der Waals surface area (Å²) in [6, 6.07) is 5.16. The lowest BCUT2D eigenvalue weighted by Crippen LogP contribution is -2.19. The molecule has 0 atom stereocenters. The van der Waals surface area contributed by atoms with Crippen molar-refractivity contribution in [3.63, 3.8) is 0 Å². The predicted octanol–water partition coefficient (Wildman–Crippen LogP) is 2.70. The zero-order valence-electron chi connectivity index (χ0n) is 9.33. The number of hydrogen-bond acceptors (Lipinski definition) is 3. The number of nitrogens with one attached hydrogen (secondary N) is 1. The Morgan fingerprint density at radius 2 is 2.24 bits per heavy atom. The van der Waals surface area contributed by atoms with Gasteiger partial charge in [0.25, 0.3) is 0 Å². The predicted molar refractivity (Wildman–Crippen MR) is 70.5 cm³/mol. The van der Waals surface area contributed by atoms with Crippen LogP contribution in [-0.2, 0) is 14.3 Å². The fraction of sp³-hybridized carbons (Fsp3) is 0.364. The Bertz CT molecular complexity index is 387. The molecule has 4 nitrogen and oxygen atoms in total. The summed E-state index contributed by atoms with van der Waals surface area (Å²) < 4.78 is 10.6. The van der Waals surface area contributed by atoms with Crippen LogP contribution in [0.15, 0.2) is 22.7 Å². The SMILES string of the molecule is COCCOCC(=O)Nc1ccc(Cl)c(Br)c1. The largest absolute Gasteiger partial charge is 0.382 e. The Hall–Kier alpha value is -0.620. The van der Waals surface area contributed by atoms with Gasteiger partial charge in [-0.25, -0.2) is 0 Å². The smallest absolute Gasteiger partial charge is 0.250 e. The van der Waals surface area contributed by atoms with Crippen LogP contribution in [0.1, 0.15) is 0 Å². The van der Waals surface area contributed by atoms with Crippen molar-refractivity contribution in [3.05, 3.63) is 27.7 Å². The van der Waals surface area contributed by atoms with E-state index in [-0.39, 0.29) is 12.5 Å². The van der Waals surface area contributed by atoms with Crippen LogP contribution in [0.4, 0.5) is 5.69 Å². The van der Waals surface area contributed by atoms with Crippen LogP contribution in [0.2, 0.25) is 5.02 Å². The first kappa shape index (κ1) is 14.4. The van der Waals surface area contributed by atoms with Crippen LogP contribution in [0, 0.1) is 0 Å². The van der Waals surface area contributed by atoms with Crippen molar-refractivity contribution < 1.29 is 14.3 Å². The highest BCUT2D eigenvalue weighted by Gasteiger charge is 2.04. The van der Waals surface area contributed by atoms with Gasteiger partial charge in [0.2, 0.25) is 5.91 Å². The summed E-state index contributed by atoms with van der Waals surface area (Å²) in [6.45, 7) is 0.873. The number of ether oxygens (including phenoxy) is 2. The van der Waals surface area contributed by atoms with Crippen LogP contribution in [0.5, 0.6) is 0 Å².